The van der Waals surface area contributed by atoms with Crippen LogP contribution in [0.5, 0.6) is 0 Å². The lowest BCUT2D eigenvalue weighted by molar-refractivity contribution is 0.111. The summed E-state index contributed by atoms with van der Waals surface area (Å²) >= 11 is 1.35. The van der Waals surface area contributed by atoms with Crippen LogP contribution in [0, 0.1) is 0 Å². The van der Waals surface area contributed by atoms with Gasteiger partial charge in [-0.25, -0.2) is 0 Å². The van der Waals surface area contributed by atoms with Gasteiger partial charge in [-0.3, -0.25) is 9.59 Å². The third kappa shape index (κ3) is 2.75. The molecule has 4 nitrogen and oxygen atoms in total. The molecule has 0 atom stereocenters. The number of aldehydes is 2. The maximum absolute atomic E-state index is 10.8. The second-order valence-corrected chi connectivity index (χ2v) is 6.35. The molecule has 25 heavy (non-hydrogen) atoms. The van der Waals surface area contributed by atoms with Crippen molar-refractivity contribution in [1.82, 2.24) is 9.59 Å². The summed E-state index contributed by atoms with van der Waals surface area (Å²) in [6.45, 7) is 0. The highest BCUT2D eigenvalue weighted by Gasteiger charge is 2.13. The summed E-state index contributed by atoms with van der Waals surface area (Å²) in [6, 6.07) is 18.9. The van der Waals surface area contributed by atoms with Gasteiger partial charge in [-0.1, -0.05) is 65.2 Å². The number of rotatable bonds is 4. The Kier molecular flexibility index (Phi) is 3.91. The normalized spacial score (nSPS) is 10.7. The fourth-order valence-electron chi connectivity index (χ4n) is 2.81. The van der Waals surface area contributed by atoms with Crippen LogP contribution in [0.25, 0.3) is 32.5 Å². The fourth-order valence-corrected chi connectivity index (χ4v) is 3.53. The second-order valence-electron chi connectivity index (χ2n) is 5.59. The van der Waals surface area contributed by atoms with E-state index in [2.05, 4.69) is 9.59 Å². The van der Waals surface area contributed by atoms with Crippen LogP contribution in [0.15, 0.2) is 60.7 Å². The highest BCUT2D eigenvalue weighted by atomic mass is 32.1. The van der Waals surface area contributed by atoms with Crippen LogP contribution >= 0.6 is 11.5 Å². The zero-order valence-corrected chi connectivity index (χ0v) is 13.9. The van der Waals surface area contributed by atoms with E-state index in [0.717, 1.165) is 45.0 Å². The minimum atomic E-state index is 0.642. The molecule has 0 spiro atoms. The lowest BCUT2D eigenvalue weighted by atomic mass is 9.98. The van der Waals surface area contributed by atoms with E-state index in [4.69, 9.17) is 0 Å². The third-order valence-electron chi connectivity index (χ3n) is 4.12. The molecule has 1 aromatic heterocycles. The molecule has 1 heterocycles. The second kappa shape index (κ2) is 6.37. The molecule has 0 amide bonds. The Hall–Kier alpha value is -3.18. The molecule has 0 fully saturated rings. The Bertz CT molecular complexity index is 982. The van der Waals surface area contributed by atoms with E-state index >= 15 is 0 Å². The van der Waals surface area contributed by atoms with Crippen LogP contribution in [0.1, 0.15) is 20.7 Å². The highest BCUT2D eigenvalue weighted by Crippen LogP contribution is 2.36. The number of benzene rings is 3. The van der Waals surface area contributed by atoms with Crippen molar-refractivity contribution in [3.05, 3.63) is 71.8 Å². The first-order valence-corrected chi connectivity index (χ1v) is 8.44. The first kappa shape index (κ1) is 15.4. The average molecular weight is 344 g/mol. The van der Waals surface area contributed by atoms with E-state index < -0.39 is 0 Å². The van der Waals surface area contributed by atoms with Crippen LogP contribution < -0.4 is 0 Å². The first-order valence-electron chi connectivity index (χ1n) is 7.66. The summed E-state index contributed by atoms with van der Waals surface area (Å²) in [4.78, 5) is 21.7. The monoisotopic (exact) mass is 344 g/mol. The Morgan fingerprint density at radius 3 is 1.76 bits per heavy atom. The van der Waals surface area contributed by atoms with Gasteiger partial charge in [0, 0.05) is 22.3 Å². The quantitative estimate of drug-likeness (QED) is 0.506. The Labute approximate surface area is 147 Å². The van der Waals surface area contributed by atoms with Gasteiger partial charge in [0.2, 0.25) is 0 Å². The zero-order chi connectivity index (χ0) is 17.2. The molecule has 3 aromatic carbocycles. The van der Waals surface area contributed by atoms with Crippen molar-refractivity contribution in [2.24, 2.45) is 0 Å². The molecule has 120 valence electrons. The van der Waals surface area contributed by atoms with Crippen LogP contribution in [0.3, 0.4) is 0 Å². The van der Waals surface area contributed by atoms with Crippen molar-refractivity contribution >= 4 is 34.3 Å². The summed E-state index contributed by atoms with van der Waals surface area (Å²) < 4.78 is 5.12. The van der Waals surface area contributed by atoms with Crippen molar-refractivity contribution in [2.45, 2.75) is 0 Å². The number of hydrogen-bond donors (Lipinski definition) is 0. The molecule has 0 radical (unpaired) electrons. The summed E-state index contributed by atoms with van der Waals surface area (Å²) in [5.74, 6) is 0. The van der Waals surface area contributed by atoms with Crippen LogP contribution in [0.2, 0.25) is 0 Å². The van der Waals surface area contributed by atoms with E-state index in [9.17, 15) is 9.59 Å². The van der Waals surface area contributed by atoms with Crippen molar-refractivity contribution in [3.8, 4) is 22.3 Å². The van der Waals surface area contributed by atoms with Crippen LogP contribution in [-0.4, -0.2) is 22.2 Å². The van der Waals surface area contributed by atoms with E-state index in [1.807, 2.05) is 36.4 Å². The lowest BCUT2D eigenvalue weighted by Gasteiger charge is -2.07. The maximum atomic E-state index is 10.8. The van der Waals surface area contributed by atoms with Crippen molar-refractivity contribution in [1.29, 1.82) is 0 Å². The van der Waals surface area contributed by atoms with Gasteiger partial charge < -0.3 is 0 Å². The molecule has 0 N–H and O–H groups in total. The molecule has 0 unspecified atom stereocenters. The molecule has 4 aromatic rings. The van der Waals surface area contributed by atoms with E-state index in [1.165, 1.54) is 11.5 Å². The SMILES string of the molecule is O=Cc1ccc(-c2ccc(-c3ccc(C=O)cc3)c3snnc23)cc1. The maximum Gasteiger partial charge on any atom is 0.150 e. The Morgan fingerprint density at radius 1 is 0.680 bits per heavy atom. The van der Waals surface area contributed by atoms with Crippen LogP contribution in [-0.2, 0) is 0 Å². The molecular formula is C20H12N2O2S. The topological polar surface area (TPSA) is 59.9 Å². The first-order chi connectivity index (χ1) is 12.3. The number of carbonyl (C=O) groups is 2. The molecule has 0 saturated carbocycles. The standard InChI is InChI=1S/C20H12N2O2S/c23-11-13-1-5-15(6-2-13)17-9-10-18(20-19(17)21-22-25-20)16-7-3-14(12-24)4-8-16/h1-12H. The number of aromatic nitrogens is 2. The number of nitrogens with zero attached hydrogens (tertiary/aromatic N) is 2. The van der Waals surface area contributed by atoms with E-state index in [0.29, 0.717) is 11.1 Å². The van der Waals surface area contributed by atoms with Crippen molar-refractivity contribution < 1.29 is 9.59 Å². The van der Waals surface area contributed by atoms with Gasteiger partial charge in [0.1, 0.15) is 18.1 Å². The summed E-state index contributed by atoms with van der Waals surface area (Å²) in [5.41, 5.74) is 6.15. The molecule has 0 bridgehead atoms. The molecule has 0 saturated heterocycles. The zero-order valence-electron chi connectivity index (χ0n) is 13.0. The summed E-state index contributed by atoms with van der Waals surface area (Å²) in [6.07, 6.45) is 1.66. The Balaban J connectivity index is 1.85. The molecule has 0 aliphatic rings. The highest BCUT2D eigenvalue weighted by molar-refractivity contribution is 7.13. The number of hydrogen-bond acceptors (Lipinski definition) is 5. The molecular weight excluding hydrogens is 332 g/mol. The minimum absolute atomic E-state index is 0.642. The molecule has 4 rings (SSSR count). The minimum Gasteiger partial charge on any atom is -0.298 e. The lowest BCUT2D eigenvalue weighted by Crippen LogP contribution is -1.86. The summed E-state index contributed by atoms with van der Waals surface area (Å²) in [7, 11) is 0. The van der Waals surface area contributed by atoms with Gasteiger partial charge in [0.05, 0.1) is 4.70 Å². The predicted octanol–water partition coefficient (Wildman–Crippen LogP) is 4.65. The molecule has 5 heteroatoms. The molecule has 0 aliphatic heterocycles. The Morgan fingerprint density at radius 2 is 1.20 bits per heavy atom. The fraction of sp³-hybridized carbons (Fsp3) is 0. The van der Waals surface area contributed by atoms with Gasteiger partial charge in [-0.15, -0.1) is 5.10 Å². The predicted molar refractivity (Wildman–Crippen MR) is 99.1 cm³/mol. The van der Waals surface area contributed by atoms with Gasteiger partial charge in [0.15, 0.2) is 0 Å². The number of carbonyl (C=O) groups excluding carboxylic acids is 2. The van der Waals surface area contributed by atoms with Gasteiger partial charge in [-0.05, 0) is 22.7 Å². The van der Waals surface area contributed by atoms with E-state index in [-0.39, 0.29) is 0 Å². The third-order valence-corrected chi connectivity index (χ3v) is 4.88. The largest absolute Gasteiger partial charge is 0.298 e. The molecule has 0 aliphatic carbocycles. The van der Waals surface area contributed by atoms with Gasteiger partial charge in [-0.2, -0.15) is 0 Å². The van der Waals surface area contributed by atoms with Crippen molar-refractivity contribution in [3.63, 3.8) is 0 Å². The van der Waals surface area contributed by atoms with Gasteiger partial charge >= 0.3 is 0 Å². The average Bonchev–Trinajstić information content (AvgIpc) is 3.17. The van der Waals surface area contributed by atoms with Gasteiger partial charge in [0.25, 0.3) is 0 Å². The van der Waals surface area contributed by atoms with Crippen molar-refractivity contribution in [2.75, 3.05) is 0 Å². The number of fused-ring (bicyclic) bond motifs is 1. The van der Waals surface area contributed by atoms with E-state index in [1.54, 1.807) is 24.3 Å². The smallest absolute Gasteiger partial charge is 0.150 e. The summed E-state index contributed by atoms with van der Waals surface area (Å²) in [5, 5.41) is 4.30. The van der Waals surface area contributed by atoms with Crippen LogP contribution in [0.4, 0.5) is 0 Å².